The van der Waals surface area contributed by atoms with Crippen molar-refractivity contribution in [3.05, 3.63) is 62.6 Å². The van der Waals surface area contributed by atoms with Gasteiger partial charge in [0, 0.05) is 22.2 Å². The van der Waals surface area contributed by atoms with E-state index in [1.807, 2.05) is 0 Å². The van der Waals surface area contributed by atoms with E-state index in [9.17, 15) is 19.2 Å². The number of hydrogen-bond donors (Lipinski definition) is 2. The van der Waals surface area contributed by atoms with Gasteiger partial charge in [-0.25, -0.2) is 0 Å². The van der Waals surface area contributed by atoms with Gasteiger partial charge in [-0.15, -0.1) is 0 Å². The summed E-state index contributed by atoms with van der Waals surface area (Å²) in [6.07, 6.45) is -0.164. The molecule has 3 amide bonds. The van der Waals surface area contributed by atoms with Crippen LogP contribution in [0.1, 0.15) is 22.3 Å². The van der Waals surface area contributed by atoms with E-state index < -0.39 is 36.2 Å². The van der Waals surface area contributed by atoms with Crippen molar-refractivity contribution in [3.63, 3.8) is 0 Å². The first kappa shape index (κ1) is 23.8. The third-order valence-electron chi connectivity index (χ3n) is 4.69. The summed E-state index contributed by atoms with van der Waals surface area (Å²) in [6.45, 7) is 1.17. The normalized spacial score (nSPS) is 15.4. The van der Waals surface area contributed by atoms with Gasteiger partial charge in [0.25, 0.3) is 11.8 Å². The molecule has 0 radical (unpaired) electrons. The predicted molar refractivity (Wildman–Crippen MR) is 120 cm³/mol. The molecule has 1 atom stereocenters. The summed E-state index contributed by atoms with van der Waals surface area (Å²) in [7, 11) is 0. The Labute approximate surface area is 198 Å². The molecule has 1 saturated heterocycles. The largest absolute Gasteiger partial charge is 0.455 e. The lowest BCUT2D eigenvalue weighted by atomic mass is 10.1. The zero-order valence-corrected chi connectivity index (χ0v) is 19.1. The monoisotopic (exact) mass is 497 g/mol. The lowest BCUT2D eigenvalue weighted by molar-refractivity contribution is -0.151. The highest BCUT2D eigenvalue weighted by atomic mass is 35.5. The number of carbonyl (C=O) groups excluding carboxylic acids is 4. The molecule has 0 saturated carbocycles. The highest BCUT2D eigenvalue weighted by molar-refractivity contribution is 6.36. The summed E-state index contributed by atoms with van der Waals surface area (Å²) >= 11 is 17.7. The Kier molecular flexibility index (Phi) is 7.60. The molecule has 1 aliphatic heterocycles. The molecule has 2 N–H and O–H groups in total. The van der Waals surface area contributed by atoms with Gasteiger partial charge in [-0.3, -0.25) is 29.6 Å². The van der Waals surface area contributed by atoms with E-state index >= 15 is 0 Å². The van der Waals surface area contributed by atoms with Crippen molar-refractivity contribution >= 4 is 64.2 Å². The van der Waals surface area contributed by atoms with Crippen LogP contribution in [0.4, 0.5) is 5.69 Å². The summed E-state index contributed by atoms with van der Waals surface area (Å²) < 4.78 is 5.04. The maximum Gasteiger partial charge on any atom is 0.311 e. The zero-order chi connectivity index (χ0) is 23.4. The van der Waals surface area contributed by atoms with Crippen LogP contribution in [0.5, 0.6) is 0 Å². The molecule has 2 aromatic rings. The number of esters is 1. The van der Waals surface area contributed by atoms with Gasteiger partial charge in [-0.05, 0) is 42.8 Å². The summed E-state index contributed by atoms with van der Waals surface area (Å²) in [6, 6.07) is 9.33. The zero-order valence-electron chi connectivity index (χ0n) is 16.8. The van der Waals surface area contributed by atoms with Crippen LogP contribution in [0.2, 0.25) is 15.1 Å². The van der Waals surface area contributed by atoms with Crippen LogP contribution in [0.15, 0.2) is 36.4 Å². The summed E-state index contributed by atoms with van der Waals surface area (Å²) in [5, 5.41) is 4.57. The number of benzene rings is 2. The maximum atomic E-state index is 12.4. The van der Waals surface area contributed by atoms with Crippen molar-refractivity contribution in [2.75, 3.05) is 18.5 Å². The first-order valence-electron chi connectivity index (χ1n) is 9.43. The molecule has 1 aliphatic rings. The highest BCUT2D eigenvalue weighted by Crippen LogP contribution is 2.23. The number of hydrazine groups is 1. The van der Waals surface area contributed by atoms with Crippen molar-refractivity contribution in [1.82, 2.24) is 10.4 Å². The number of carbonyl (C=O) groups is 4. The van der Waals surface area contributed by atoms with Crippen molar-refractivity contribution < 1.29 is 23.9 Å². The number of ether oxygens (including phenoxy) is 1. The molecule has 3 rings (SSSR count). The van der Waals surface area contributed by atoms with Crippen molar-refractivity contribution in [3.8, 4) is 0 Å². The molecular formula is C21H18Cl3N3O5. The predicted octanol–water partition coefficient (Wildman–Crippen LogP) is 3.63. The Bertz CT molecular complexity index is 1090. The number of nitrogens with zero attached hydrogens (tertiary/aromatic N) is 1. The lowest BCUT2D eigenvalue weighted by Gasteiger charge is -2.18. The standard InChI is InChI=1S/C21H18Cl3N3O5/c1-11-2-3-14(23)8-17(11)25-18(28)10-32-21(31)12-6-19(29)27(9-12)26-20(30)15-5-4-13(22)7-16(15)24/h2-5,7-8,12H,6,9-10H2,1H3,(H,25,28)(H,26,30)/t12-/m0/s1. The van der Waals surface area contributed by atoms with E-state index in [1.165, 1.54) is 18.2 Å². The minimum absolute atomic E-state index is 0.0936. The number of aryl methyl sites for hydroxylation is 1. The molecule has 0 bridgehead atoms. The second-order valence-corrected chi connectivity index (χ2v) is 8.37. The molecule has 1 fully saturated rings. The fourth-order valence-corrected chi connectivity index (χ4v) is 3.67. The fourth-order valence-electron chi connectivity index (χ4n) is 3.00. The fraction of sp³-hybridized carbons (Fsp3) is 0.238. The molecule has 0 aliphatic carbocycles. The van der Waals surface area contributed by atoms with E-state index in [0.717, 1.165) is 10.6 Å². The lowest BCUT2D eigenvalue weighted by Crippen LogP contribution is -2.43. The molecule has 32 heavy (non-hydrogen) atoms. The van der Waals surface area contributed by atoms with Gasteiger partial charge in [0.1, 0.15) is 0 Å². The number of amides is 3. The Morgan fingerprint density at radius 3 is 2.50 bits per heavy atom. The molecule has 2 aromatic carbocycles. The van der Waals surface area contributed by atoms with Crippen LogP contribution in [-0.4, -0.2) is 41.9 Å². The minimum Gasteiger partial charge on any atom is -0.455 e. The maximum absolute atomic E-state index is 12.4. The molecule has 8 nitrogen and oxygen atoms in total. The number of halogens is 3. The first-order valence-corrected chi connectivity index (χ1v) is 10.6. The third kappa shape index (κ3) is 5.91. The number of nitrogens with one attached hydrogen (secondary N) is 2. The molecule has 0 aromatic heterocycles. The smallest absolute Gasteiger partial charge is 0.311 e. The van der Waals surface area contributed by atoms with Gasteiger partial charge in [0.05, 0.1) is 23.0 Å². The SMILES string of the molecule is Cc1ccc(Cl)cc1NC(=O)COC(=O)[C@H]1CC(=O)N(NC(=O)c2ccc(Cl)cc2Cl)C1. The molecule has 11 heteroatoms. The molecule has 0 unspecified atom stereocenters. The Balaban J connectivity index is 1.51. The van der Waals surface area contributed by atoms with Crippen LogP contribution in [0.25, 0.3) is 0 Å². The van der Waals surface area contributed by atoms with Crippen LogP contribution >= 0.6 is 34.8 Å². The van der Waals surface area contributed by atoms with E-state index in [-0.39, 0.29) is 23.6 Å². The quantitative estimate of drug-likeness (QED) is 0.592. The number of anilines is 1. The topological polar surface area (TPSA) is 105 Å². The molecule has 0 spiro atoms. The summed E-state index contributed by atoms with van der Waals surface area (Å²) in [4.78, 5) is 49.0. The van der Waals surface area contributed by atoms with Crippen LogP contribution in [0, 0.1) is 12.8 Å². The Hall–Kier alpha value is -2.81. The van der Waals surface area contributed by atoms with Crippen molar-refractivity contribution in [1.29, 1.82) is 0 Å². The van der Waals surface area contributed by atoms with E-state index in [2.05, 4.69) is 10.7 Å². The summed E-state index contributed by atoms with van der Waals surface area (Å²) in [5.74, 6) is -3.19. The number of rotatable bonds is 6. The second-order valence-electron chi connectivity index (χ2n) is 7.09. The van der Waals surface area contributed by atoms with Crippen LogP contribution in [0.3, 0.4) is 0 Å². The van der Waals surface area contributed by atoms with E-state index in [0.29, 0.717) is 15.7 Å². The Morgan fingerprint density at radius 2 is 1.78 bits per heavy atom. The van der Waals surface area contributed by atoms with Crippen molar-refractivity contribution in [2.24, 2.45) is 5.92 Å². The second kappa shape index (κ2) is 10.2. The van der Waals surface area contributed by atoms with Crippen LogP contribution < -0.4 is 10.7 Å². The average Bonchev–Trinajstić information content (AvgIpc) is 3.09. The summed E-state index contributed by atoms with van der Waals surface area (Å²) in [5.41, 5.74) is 3.84. The van der Waals surface area contributed by atoms with Crippen LogP contribution in [-0.2, 0) is 19.1 Å². The van der Waals surface area contributed by atoms with E-state index in [1.54, 1.807) is 25.1 Å². The van der Waals surface area contributed by atoms with E-state index in [4.69, 9.17) is 39.5 Å². The van der Waals surface area contributed by atoms with Gasteiger partial charge in [-0.2, -0.15) is 0 Å². The minimum atomic E-state index is -0.829. The first-order chi connectivity index (χ1) is 15.1. The van der Waals surface area contributed by atoms with Gasteiger partial charge in [-0.1, -0.05) is 40.9 Å². The van der Waals surface area contributed by atoms with Gasteiger partial charge in [0.15, 0.2) is 6.61 Å². The highest BCUT2D eigenvalue weighted by Gasteiger charge is 2.37. The third-order valence-corrected chi connectivity index (χ3v) is 5.47. The van der Waals surface area contributed by atoms with Gasteiger partial charge < -0.3 is 10.1 Å². The molecule has 168 valence electrons. The molecular weight excluding hydrogens is 481 g/mol. The average molecular weight is 499 g/mol. The van der Waals surface area contributed by atoms with Crippen molar-refractivity contribution in [2.45, 2.75) is 13.3 Å². The number of hydrogen-bond acceptors (Lipinski definition) is 5. The van der Waals surface area contributed by atoms with Gasteiger partial charge >= 0.3 is 5.97 Å². The molecule has 1 heterocycles. The van der Waals surface area contributed by atoms with Gasteiger partial charge in [0.2, 0.25) is 5.91 Å². The Morgan fingerprint density at radius 1 is 1.09 bits per heavy atom.